The highest BCUT2D eigenvalue weighted by molar-refractivity contribution is 7.99. The summed E-state index contributed by atoms with van der Waals surface area (Å²) in [4.78, 5) is 15.8. The summed E-state index contributed by atoms with van der Waals surface area (Å²) in [7, 11) is 0. The molecule has 8 bridgehead atoms. The maximum Gasteiger partial charge on any atom is 0.127 e. The van der Waals surface area contributed by atoms with E-state index in [-0.39, 0.29) is 0 Å². The van der Waals surface area contributed by atoms with Gasteiger partial charge in [-0.1, -0.05) is 72.8 Å². The lowest BCUT2D eigenvalue weighted by atomic mass is 10.0. The first-order valence-electron chi connectivity index (χ1n) is 22.7. The quantitative estimate of drug-likeness (QED) is 0.0562. The van der Waals surface area contributed by atoms with Crippen LogP contribution in [0.3, 0.4) is 0 Å². The van der Waals surface area contributed by atoms with Crippen LogP contribution in [0.1, 0.15) is 45.0 Å². The number of H-pyrrole nitrogens is 4. The first-order valence-corrected chi connectivity index (χ1v) is 28.3. The number of para-hydroxylation sites is 4. The Bertz CT molecular complexity index is 2820. The Balaban J connectivity index is 1.40. The van der Waals surface area contributed by atoms with Crippen LogP contribution in [0.2, 0.25) is 0 Å². The van der Waals surface area contributed by atoms with Crippen LogP contribution in [0.4, 0.5) is 0 Å². The van der Waals surface area contributed by atoms with Crippen molar-refractivity contribution >= 4 is 69.3 Å². The minimum atomic E-state index is 0.589. The minimum absolute atomic E-state index is 0.589. The molecule has 8 nitrogen and oxygen atoms in total. The highest BCUT2D eigenvalue weighted by atomic mass is 32.2. The van der Waals surface area contributed by atoms with Crippen molar-refractivity contribution in [1.82, 2.24) is 19.9 Å². The van der Waals surface area contributed by atoms with E-state index in [4.69, 9.17) is 18.9 Å². The van der Waals surface area contributed by atoms with Crippen molar-refractivity contribution in [1.29, 1.82) is 0 Å². The van der Waals surface area contributed by atoms with Crippen LogP contribution in [-0.4, -0.2) is 94.4 Å². The summed E-state index contributed by atoms with van der Waals surface area (Å²) in [6, 6.07) is 50.8. The molecule has 68 heavy (non-hydrogen) atoms. The van der Waals surface area contributed by atoms with Gasteiger partial charge in [-0.2, -0.15) is 47.0 Å². The van der Waals surface area contributed by atoms with Gasteiger partial charge in [-0.05, 0) is 97.8 Å². The Morgan fingerprint density at radius 1 is 0.294 bits per heavy atom. The number of nitrogens with one attached hydrogen (secondary N) is 4. The van der Waals surface area contributed by atoms with E-state index in [0.717, 1.165) is 135 Å². The van der Waals surface area contributed by atoms with Crippen LogP contribution in [0.15, 0.2) is 146 Å². The van der Waals surface area contributed by atoms with Crippen LogP contribution < -0.4 is 40.3 Å². The lowest BCUT2D eigenvalue weighted by Crippen LogP contribution is -2.20. The fraction of sp³-hybridized carbons (Fsp3) is 0.214. The molecule has 4 N–H and O–H groups in total. The highest BCUT2D eigenvalue weighted by Crippen LogP contribution is 2.36. The molecule has 9 rings (SSSR count). The van der Waals surface area contributed by atoms with Gasteiger partial charge in [0.05, 0.1) is 26.4 Å². The highest BCUT2D eigenvalue weighted by Gasteiger charge is 2.23. The van der Waals surface area contributed by atoms with E-state index in [9.17, 15) is 0 Å². The summed E-state index contributed by atoms with van der Waals surface area (Å²) in [6.07, 6.45) is 8.42. The van der Waals surface area contributed by atoms with Gasteiger partial charge in [-0.15, -0.1) is 0 Å². The van der Waals surface area contributed by atoms with Crippen LogP contribution in [-0.2, 0) is 0 Å². The molecule has 348 valence electrons. The fourth-order valence-corrected chi connectivity index (χ4v) is 9.62. The first kappa shape index (κ1) is 47.2. The first-order chi connectivity index (χ1) is 33.6. The number of hydrogen-bond acceptors (Lipinski definition) is 8. The van der Waals surface area contributed by atoms with Crippen LogP contribution >= 0.6 is 47.0 Å². The second kappa shape index (κ2) is 22.9. The van der Waals surface area contributed by atoms with Crippen molar-refractivity contribution in [2.24, 2.45) is 0 Å². The van der Waals surface area contributed by atoms with Gasteiger partial charge in [0.1, 0.15) is 23.0 Å². The molecule has 0 saturated heterocycles. The molecule has 0 aliphatic carbocycles. The van der Waals surface area contributed by atoms with Gasteiger partial charge in [-0.25, -0.2) is 0 Å². The molecule has 8 aromatic rings. The molecular weight excluding hydrogens is 921 g/mol. The third kappa shape index (κ3) is 10.4. The fourth-order valence-electron chi connectivity index (χ4n) is 8.62. The summed E-state index contributed by atoms with van der Waals surface area (Å²) in [5.74, 6) is 6.77. The second-order valence-corrected chi connectivity index (χ2v) is 19.9. The molecule has 0 unspecified atom stereocenters. The molecule has 5 heterocycles. The van der Waals surface area contributed by atoms with Crippen molar-refractivity contribution in [3.05, 3.63) is 212 Å². The normalized spacial score (nSPS) is 12.4. The molecular formula is C56H56N4O4S4. The zero-order chi connectivity index (χ0) is 46.7. The van der Waals surface area contributed by atoms with Crippen molar-refractivity contribution in [2.75, 3.05) is 74.5 Å². The molecule has 0 amide bonds. The third-order valence-electron chi connectivity index (χ3n) is 11.7. The zero-order valence-corrected chi connectivity index (χ0v) is 42.0. The Morgan fingerprint density at radius 3 is 0.765 bits per heavy atom. The standard InChI is InChI=1S/C56H56N4O4S4/c1-65-33-29-61-49-17-9-5-13-37(49)53-41-21-23-43(57-41)54(38-14-6-10-18-50(38)62-30-34-66-2)45-25-27-47(59-45)56(40-16-8-12-20-52(40)64-32-36-68-4)48-28-26-46(60-48)55(44-24-22-42(53)58-44)39-15-7-11-19-51(39)63-31-35-67-3/h5-28,57-60H,29-36H2,1-4H3. The molecule has 4 aromatic carbocycles. The third-order valence-corrected chi connectivity index (χ3v) is 14.0. The predicted molar refractivity (Wildman–Crippen MR) is 289 cm³/mol. The number of aromatic nitrogens is 4. The predicted octanol–water partition coefficient (Wildman–Crippen LogP) is 9.27. The van der Waals surface area contributed by atoms with Crippen molar-refractivity contribution < 1.29 is 18.9 Å². The van der Waals surface area contributed by atoms with E-state index < -0.39 is 0 Å². The van der Waals surface area contributed by atoms with E-state index >= 15 is 0 Å². The Kier molecular flexibility index (Phi) is 15.9. The number of hydrogen-bond donors (Lipinski definition) is 4. The van der Waals surface area contributed by atoms with Gasteiger partial charge in [0.25, 0.3) is 0 Å². The van der Waals surface area contributed by atoms with Crippen LogP contribution in [0.25, 0.3) is 22.3 Å². The molecule has 12 heteroatoms. The molecule has 0 saturated carbocycles. The van der Waals surface area contributed by atoms with E-state index in [1.165, 1.54) is 0 Å². The Morgan fingerprint density at radius 2 is 0.529 bits per heavy atom. The van der Waals surface area contributed by atoms with Gasteiger partial charge in [0.15, 0.2) is 0 Å². The Labute approximate surface area is 415 Å². The molecule has 0 radical (unpaired) electrons. The van der Waals surface area contributed by atoms with E-state index in [1.54, 1.807) is 47.0 Å². The molecule has 1 aliphatic rings. The van der Waals surface area contributed by atoms with Gasteiger partial charge >= 0.3 is 0 Å². The van der Waals surface area contributed by atoms with E-state index in [0.29, 0.717) is 26.4 Å². The lowest BCUT2D eigenvalue weighted by molar-refractivity contribution is 0.343. The van der Waals surface area contributed by atoms with Gasteiger partial charge in [0.2, 0.25) is 0 Å². The molecule has 0 fully saturated rings. The zero-order valence-electron chi connectivity index (χ0n) is 38.8. The summed E-state index contributed by atoms with van der Waals surface area (Å²) < 4.78 is 26.2. The van der Waals surface area contributed by atoms with Gasteiger partial charge in [-0.3, -0.25) is 0 Å². The number of ether oxygens (including phenoxy) is 4. The summed E-state index contributed by atoms with van der Waals surface area (Å²) in [5, 5.41) is 3.72. The number of thioether (sulfide) groups is 4. The number of aromatic amines is 4. The van der Waals surface area contributed by atoms with Gasteiger partial charge < -0.3 is 38.9 Å². The number of benzene rings is 4. The Hall–Kier alpha value is -5.92. The smallest absolute Gasteiger partial charge is 0.127 e. The van der Waals surface area contributed by atoms with E-state index in [2.05, 4.69) is 166 Å². The molecule has 4 aromatic heterocycles. The lowest BCUT2D eigenvalue weighted by Gasteiger charge is -2.15. The molecule has 0 atom stereocenters. The molecule has 1 aliphatic heterocycles. The SMILES string of the molecule is CSCCOc1ccccc1C1=c2ccc([nH]2)=C(c2ccccc2OCCSC)c2ccc([nH]2)C(c2ccccc2OCCSC)=c2ccc([nH]2)=C(c2ccccc2OCCSC)c2ccc1[nH]2. The summed E-state index contributed by atoms with van der Waals surface area (Å²) in [5.41, 5.74) is 11.5. The molecule has 0 spiro atoms. The largest absolute Gasteiger partial charge is 0.492 e. The van der Waals surface area contributed by atoms with Crippen molar-refractivity contribution in [3.63, 3.8) is 0 Å². The van der Waals surface area contributed by atoms with Crippen molar-refractivity contribution in [3.8, 4) is 23.0 Å². The van der Waals surface area contributed by atoms with Crippen LogP contribution in [0, 0.1) is 0 Å². The number of rotatable bonds is 20. The average molecular weight is 977 g/mol. The summed E-state index contributed by atoms with van der Waals surface area (Å²) in [6.45, 7) is 2.36. The monoisotopic (exact) mass is 976 g/mol. The van der Waals surface area contributed by atoms with Crippen molar-refractivity contribution in [2.45, 2.75) is 0 Å². The van der Waals surface area contributed by atoms with Gasteiger partial charge in [0, 0.05) is 112 Å². The summed E-state index contributed by atoms with van der Waals surface area (Å²) >= 11 is 7.08. The average Bonchev–Trinajstić information content (AvgIpc) is 4.22. The van der Waals surface area contributed by atoms with Crippen LogP contribution in [0.5, 0.6) is 23.0 Å². The minimum Gasteiger partial charge on any atom is -0.492 e. The second-order valence-electron chi connectivity index (χ2n) is 16.0. The topological polar surface area (TPSA) is 100 Å². The maximum absolute atomic E-state index is 6.55. The number of fused-ring (bicyclic) bond motifs is 8. The van der Waals surface area contributed by atoms with E-state index in [1.807, 2.05) is 24.3 Å². The maximum atomic E-state index is 6.55.